The molecule has 0 saturated carbocycles. The molecule has 0 radical (unpaired) electrons. The Balaban J connectivity index is 0.000000278. The number of aliphatic hydroxyl groups is 3. The summed E-state index contributed by atoms with van der Waals surface area (Å²) >= 11 is 0. The van der Waals surface area contributed by atoms with Crippen molar-refractivity contribution in [3.63, 3.8) is 0 Å². The van der Waals surface area contributed by atoms with Crippen LogP contribution in [0.2, 0.25) is 0 Å². The predicted octanol–water partition coefficient (Wildman–Crippen LogP) is 4.27. The Morgan fingerprint density at radius 1 is 0.690 bits per heavy atom. The lowest BCUT2D eigenvalue weighted by Crippen LogP contribution is -2.38. The molecule has 0 aliphatic carbocycles. The number of aromatic amines is 2. The van der Waals surface area contributed by atoms with Crippen LogP contribution in [0.25, 0.3) is 22.1 Å². The van der Waals surface area contributed by atoms with Gasteiger partial charge >= 0.3 is 0 Å². The third-order valence-electron chi connectivity index (χ3n) is 11.5. The highest BCUT2D eigenvalue weighted by atomic mass is 16.6. The lowest BCUT2D eigenvalue weighted by atomic mass is 9.80. The van der Waals surface area contributed by atoms with Gasteiger partial charge in [-0.1, -0.05) is 69.5 Å². The molecule has 22 nitrogen and oxygen atoms in total. The maximum absolute atomic E-state index is 12.7. The molecule has 4 aromatic heterocycles. The molecule has 22 heteroatoms. The Morgan fingerprint density at radius 3 is 1.52 bits per heavy atom. The van der Waals surface area contributed by atoms with Crippen LogP contribution in [-0.2, 0) is 19.8 Å². The number of ether oxygens (including phenoxy) is 5. The van der Waals surface area contributed by atoms with Crippen molar-refractivity contribution in [2.75, 3.05) is 55.6 Å². The highest BCUT2D eigenvalue weighted by Crippen LogP contribution is 2.43. The Morgan fingerprint density at radius 2 is 1.11 bits per heavy atom. The molecule has 2 aliphatic rings. The molecule has 5 N–H and O–H groups in total. The zero-order valence-electron chi connectivity index (χ0n) is 38.8. The average Bonchev–Trinajstić information content (AvgIpc) is 4.16. The number of rotatable bonds is 15. The first-order valence-corrected chi connectivity index (χ1v) is 21.9. The fraction of sp³-hybridized carbons (Fsp3) is 0.388. The van der Waals surface area contributed by atoms with Gasteiger partial charge in [-0.2, -0.15) is 20.2 Å². The highest BCUT2D eigenvalue weighted by Gasteiger charge is 2.43. The largest absolute Gasteiger partial charge is 0.497 e. The van der Waals surface area contributed by atoms with Crippen LogP contribution in [0.1, 0.15) is 56.8 Å². The van der Waals surface area contributed by atoms with E-state index in [1.54, 1.807) is 44.5 Å². The van der Waals surface area contributed by atoms with Crippen LogP contribution >= 0.6 is 0 Å². The Bertz CT molecular complexity index is 2960. The van der Waals surface area contributed by atoms with Gasteiger partial charge in [0.15, 0.2) is 23.8 Å². The van der Waals surface area contributed by atoms with Crippen LogP contribution in [0.5, 0.6) is 11.5 Å². The molecule has 7 aromatic rings. The second-order valence-electron chi connectivity index (χ2n) is 16.7. The van der Waals surface area contributed by atoms with Crippen molar-refractivity contribution < 1.29 is 39.0 Å². The van der Waals surface area contributed by atoms with E-state index in [2.05, 4.69) is 40.1 Å². The minimum atomic E-state index is -1.08. The number of aliphatic hydroxyl groups excluding tert-OH is 3. The van der Waals surface area contributed by atoms with Crippen molar-refractivity contribution in [2.45, 2.75) is 70.2 Å². The van der Waals surface area contributed by atoms with E-state index >= 15 is 0 Å². The zero-order valence-corrected chi connectivity index (χ0v) is 38.8. The maximum Gasteiger partial charge on any atom is 0.263 e. The Labute approximate surface area is 409 Å². The first-order chi connectivity index (χ1) is 33.3. The molecule has 3 aromatic carbocycles. The molecule has 0 spiro atoms. The molecule has 71 heavy (non-hydrogen) atoms. The summed E-state index contributed by atoms with van der Waals surface area (Å²) in [5, 5.41) is 39.4. The van der Waals surface area contributed by atoms with Gasteiger partial charge in [0.25, 0.3) is 11.1 Å². The molecular weight excluding hydrogens is 917 g/mol. The van der Waals surface area contributed by atoms with Crippen LogP contribution in [0, 0.1) is 0 Å². The van der Waals surface area contributed by atoms with Gasteiger partial charge in [0.2, 0.25) is 11.9 Å². The van der Waals surface area contributed by atoms with Crippen molar-refractivity contribution in [3.8, 4) is 11.5 Å². The normalized spacial score (nSPS) is 19.9. The number of benzene rings is 3. The predicted molar refractivity (Wildman–Crippen MR) is 268 cm³/mol. The van der Waals surface area contributed by atoms with E-state index < -0.39 is 42.5 Å². The lowest BCUT2D eigenvalue weighted by molar-refractivity contribution is -0.0949. The highest BCUT2D eigenvalue weighted by molar-refractivity contribution is 5.75. The van der Waals surface area contributed by atoms with E-state index in [1.807, 2.05) is 93.0 Å². The molecule has 9 rings (SSSR count). The molecule has 378 valence electrons. The van der Waals surface area contributed by atoms with Crippen molar-refractivity contribution in [1.29, 1.82) is 0 Å². The number of aliphatic imine (C=N–C) groups is 2. The van der Waals surface area contributed by atoms with Crippen molar-refractivity contribution >= 4 is 46.6 Å². The van der Waals surface area contributed by atoms with E-state index in [0.717, 1.165) is 16.7 Å². The van der Waals surface area contributed by atoms with Gasteiger partial charge < -0.3 is 48.8 Å². The number of methoxy groups -OCH3 is 2. The first-order valence-electron chi connectivity index (χ1n) is 21.9. The topological polar surface area (TPSA) is 265 Å². The van der Waals surface area contributed by atoms with Gasteiger partial charge in [-0.15, -0.1) is 0 Å². The minimum absolute atomic E-state index is 0. The van der Waals surface area contributed by atoms with E-state index in [1.165, 1.54) is 28.1 Å². The standard InChI is InChI=1S/C34H36N6O6.C13H18N6O4.2CH4/c1-39(2)21-35-33-37-31-27(32(42)38-33)19-36-40(31)30-18-28(41)29(46-30)20-45-34(22-8-6-5-7-9-22,23-10-14-25(43-3)15-11-23)24-12-16-26(44-4)17-13-24;1-18(2)6-14-13-16-11-7(12(22)17-13)4-15-19(11)10-3-8(21)9(5-20)23-10;;/h5-17,19,21,28-30,41H,18,20H2,1-4H3,(H,37,38,42);4,6,8-10,20-21H,3,5H2,1-2H3,(H,16,17,22);2*1H4. The van der Waals surface area contributed by atoms with Crippen LogP contribution in [-0.4, -0.2) is 157 Å². The molecule has 2 fully saturated rings. The molecule has 2 saturated heterocycles. The van der Waals surface area contributed by atoms with Gasteiger partial charge in [-0.25, -0.2) is 19.3 Å². The third kappa shape index (κ3) is 11.3. The summed E-state index contributed by atoms with van der Waals surface area (Å²) in [6.07, 6.45) is 2.03. The minimum Gasteiger partial charge on any atom is -0.497 e. The number of fused-ring (bicyclic) bond motifs is 2. The summed E-state index contributed by atoms with van der Waals surface area (Å²) in [4.78, 5) is 50.6. The van der Waals surface area contributed by atoms with E-state index in [0.29, 0.717) is 33.6 Å². The second-order valence-corrected chi connectivity index (χ2v) is 16.7. The van der Waals surface area contributed by atoms with E-state index in [4.69, 9.17) is 28.8 Å². The molecule has 6 atom stereocenters. The summed E-state index contributed by atoms with van der Waals surface area (Å²) in [7, 11) is 10.5. The second kappa shape index (κ2) is 23.1. The van der Waals surface area contributed by atoms with Crippen LogP contribution in [0.15, 0.2) is 111 Å². The summed E-state index contributed by atoms with van der Waals surface area (Å²) in [5.74, 6) is 1.72. The Hall–Kier alpha value is -7.34. The summed E-state index contributed by atoms with van der Waals surface area (Å²) in [5.41, 5.74) is 1.44. The molecular formula is C49H62N12O10. The number of hydrogen-bond acceptors (Lipinski definition) is 16. The molecule has 6 unspecified atom stereocenters. The monoisotopic (exact) mass is 978 g/mol. The van der Waals surface area contributed by atoms with Gasteiger partial charge in [0.1, 0.15) is 40.1 Å². The lowest BCUT2D eigenvalue weighted by Gasteiger charge is -2.37. The number of nitrogens with one attached hydrogen (secondary N) is 2. The van der Waals surface area contributed by atoms with Gasteiger partial charge in [0, 0.05) is 41.0 Å². The third-order valence-corrected chi connectivity index (χ3v) is 11.5. The number of H-pyrrole nitrogens is 2. The smallest absolute Gasteiger partial charge is 0.263 e. The van der Waals surface area contributed by atoms with Crippen LogP contribution in [0.3, 0.4) is 0 Å². The maximum atomic E-state index is 12.7. The van der Waals surface area contributed by atoms with Crippen molar-refractivity contribution in [2.24, 2.45) is 9.98 Å². The quantitative estimate of drug-likeness (QED) is 0.0546. The number of aromatic nitrogens is 8. The molecule has 0 bridgehead atoms. The number of nitrogens with zero attached hydrogens (tertiary/aromatic N) is 10. The molecule has 0 amide bonds. The fourth-order valence-corrected chi connectivity index (χ4v) is 8.06. The van der Waals surface area contributed by atoms with E-state index in [9.17, 15) is 19.8 Å². The number of hydrogen-bond donors (Lipinski definition) is 5. The summed E-state index contributed by atoms with van der Waals surface area (Å²) < 4.78 is 32.7. The van der Waals surface area contributed by atoms with Crippen molar-refractivity contribution in [3.05, 3.63) is 129 Å². The Kier molecular flexibility index (Phi) is 17.2. The van der Waals surface area contributed by atoms with Gasteiger partial charge in [-0.05, 0) is 41.0 Å². The average molecular weight is 979 g/mol. The van der Waals surface area contributed by atoms with Crippen LogP contribution in [0.4, 0.5) is 11.9 Å². The zero-order chi connectivity index (χ0) is 48.8. The SMILES string of the molecule is C.C.CN(C)C=Nc1nc2c(cnn2C2CC(O)C(CO)O2)c(=O)[nH]1.COc1ccc(C(OCC2OC(n3ncc4c(=O)[nH]c(N=CN(C)C)nc43)CC2O)(c2ccccc2)c2ccc(OC)cc2)cc1. The summed E-state index contributed by atoms with van der Waals surface area (Å²) in [6.45, 7) is -0.251. The van der Waals surface area contributed by atoms with E-state index in [-0.39, 0.29) is 63.9 Å². The van der Waals surface area contributed by atoms with Gasteiger partial charge in [-0.3, -0.25) is 19.6 Å². The van der Waals surface area contributed by atoms with Gasteiger partial charge in [0.05, 0.1) is 64.7 Å². The molecule has 6 heterocycles. The molecule has 2 aliphatic heterocycles. The first kappa shape index (κ1) is 53.0. The van der Waals surface area contributed by atoms with Crippen LogP contribution < -0.4 is 20.6 Å². The summed E-state index contributed by atoms with van der Waals surface area (Å²) in [6, 6.07) is 25.4. The van der Waals surface area contributed by atoms with Crippen molar-refractivity contribution in [1.82, 2.24) is 49.3 Å². The fourth-order valence-electron chi connectivity index (χ4n) is 8.06.